The standard InChI is InChI=1S/C14H27N3O/c1-12-6-4-8-16(10-12)14(18)17-9-5-7-15(3)11-13(17)2/h12-13H,4-11H2,1-3H3. The Kier molecular flexibility index (Phi) is 4.49. The summed E-state index contributed by atoms with van der Waals surface area (Å²) in [6.45, 7) is 9.32. The quantitative estimate of drug-likeness (QED) is 0.659. The number of piperidine rings is 1. The summed E-state index contributed by atoms with van der Waals surface area (Å²) in [5.41, 5.74) is 0. The van der Waals surface area contributed by atoms with Crippen LogP contribution in [0.25, 0.3) is 0 Å². The Labute approximate surface area is 111 Å². The molecule has 18 heavy (non-hydrogen) atoms. The van der Waals surface area contributed by atoms with Gasteiger partial charge in [0, 0.05) is 32.2 Å². The molecule has 2 aliphatic heterocycles. The number of hydrogen-bond donors (Lipinski definition) is 0. The normalized spacial score (nSPS) is 31.3. The molecule has 0 aliphatic carbocycles. The summed E-state index contributed by atoms with van der Waals surface area (Å²) < 4.78 is 0. The fourth-order valence-electron chi connectivity index (χ4n) is 3.20. The number of nitrogens with zero attached hydrogens (tertiary/aromatic N) is 3. The summed E-state index contributed by atoms with van der Waals surface area (Å²) in [5, 5.41) is 0. The maximum Gasteiger partial charge on any atom is 0.320 e. The van der Waals surface area contributed by atoms with Crippen LogP contribution in [0.2, 0.25) is 0 Å². The SMILES string of the molecule is CC1CCCN(C(=O)N2CCCN(C)CC2C)C1. The van der Waals surface area contributed by atoms with Gasteiger partial charge in [0.25, 0.3) is 0 Å². The third-order valence-electron chi connectivity index (χ3n) is 4.22. The van der Waals surface area contributed by atoms with Crippen molar-refractivity contribution >= 4 is 6.03 Å². The van der Waals surface area contributed by atoms with Crippen LogP contribution in [-0.4, -0.2) is 66.5 Å². The molecular weight excluding hydrogens is 226 g/mol. The lowest BCUT2D eigenvalue weighted by atomic mass is 10.0. The van der Waals surface area contributed by atoms with Crippen molar-refractivity contribution in [2.45, 2.75) is 39.2 Å². The Hall–Kier alpha value is -0.770. The smallest absolute Gasteiger partial charge is 0.320 e. The number of likely N-dealkylation sites (N-methyl/N-ethyl adjacent to an activating group) is 1. The summed E-state index contributed by atoms with van der Waals surface area (Å²) in [6.07, 6.45) is 3.52. The molecule has 0 N–H and O–H groups in total. The van der Waals surface area contributed by atoms with Gasteiger partial charge in [-0.1, -0.05) is 6.92 Å². The van der Waals surface area contributed by atoms with Crippen molar-refractivity contribution in [3.05, 3.63) is 0 Å². The van der Waals surface area contributed by atoms with Crippen molar-refractivity contribution in [3.63, 3.8) is 0 Å². The molecule has 0 radical (unpaired) electrons. The molecule has 2 saturated heterocycles. The van der Waals surface area contributed by atoms with Gasteiger partial charge in [-0.25, -0.2) is 4.79 Å². The van der Waals surface area contributed by atoms with E-state index < -0.39 is 0 Å². The first-order valence-electron chi connectivity index (χ1n) is 7.32. The molecule has 0 aromatic carbocycles. The van der Waals surface area contributed by atoms with Crippen LogP contribution in [0.1, 0.15) is 33.1 Å². The largest absolute Gasteiger partial charge is 0.324 e. The second kappa shape index (κ2) is 5.91. The topological polar surface area (TPSA) is 26.8 Å². The maximum atomic E-state index is 12.6. The molecule has 2 fully saturated rings. The molecule has 2 amide bonds. The first-order valence-corrected chi connectivity index (χ1v) is 7.32. The van der Waals surface area contributed by atoms with Crippen LogP contribution in [0, 0.1) is 5.92 Å². The Morgan fingerprint density at radius 3 is 2.56 bits per heavy atom. The first-order chi connectivity index (χ1) is 8.58. The highest BCUT2D eigenvalue weighted by atomic mass is 16.2. The number of carbonyl (C=O) groups excluding carboxylic acids is 1. The minimum absolute atomic E-state index is 0.268. The van der Waals surface area contributed by atoms with Crippen LogP contribution in [0.4, 0.5) is 4.79 Å². The van der Waals surface area contributed by atoms with Gasteiger partial charge in [0.1, 0.15) is 0 Å². The molecule has 0 spiro atoms. The molecule has 2 unspecified atom stereocenters. The molecule has 2 aliphatic rings. The summed E-state index contributed by atoms with van der Waals surface area (Å²) in [4.78, 5) is 19.1. The lowest BCUT2D eigenvalue weighted by molar-refractivity contribution is 0.118. The molecule has 2 atom stereocenters. The number of rotatable bonds is 0. The molecule has 0 aromatic heterocycles. The zero-order chi connectivity index (χ0) is 13.1. The molecular formula is C14H27N3O. The molecule has 0 saturated carbocycles. The zero-order valence-electron chi connectivity index (χ0n) is 12.1. The summed E-state index contributed by atoms with van der Waals surface area (Å²) in [6, 6.07) is 0.603. The summed E-state index contributed by atoms with van der Waals surface area (Å²) >= 11 is 0. The van der Waals surface area contributed by atoms with E-state index in [1.807, 2.05) is 0 Å². The van der Waals surface area contributed by atoms with Gasteiger partial charge in [-0.2, -0.15) is 0 Å². The molecule has 0 bridgehead atoms. The Morgan fingerprint density at radius 2 is 1.83 bits per heavy atom. The van der Waals surface area contributed by atoms with Crippen molar-refractivity contribution in [1.29, 1.82) is 0 Å². The Bertz CT molecular complexity index is 295. The molecule has 104 valence electrons. The van der Waals surface area contributed by atoms with Crippen LogP contribution in [0.5, 0.6) is 0 Å². The van der Waals surface area contributed by atoms with Crippen molar-refractivity contribution in [2.75, 3.05) is 39.8 Å². The van der Waals surface area contributed by atoms with Gasteiger partial charge in [0.15, 0.2) is 0 Å². The molecule has 4 heteroatoms. The monoisotopic (exact) mass is 253 g/mol. The zero-order valence-corrected chi connectivity index (χ0v) is 12.1. The van der Waals surface area contributed by atoms with Crippen LogP contribution < -0.4 is 0 Å². The van der Waals surface area contributed by atoms with E-state index in [0.717, 1.165) is 45.6 Å². The van der Waals surface area contributed by atoms with Gasteiger partial charge < -0.3 is 14.7 Å². The lowest BCUT2D eigenvalue weighted by Crippen LogP contribution is -2.51. The van der Waals surface area contributed by atoms with E-state index >= 15 is 0 Å². The van der Waals surface area contributed by atoms with Gasteiger partial charge in [-0.05, 0) is 45.7 Å². The molecule has 4 nitrogen and oxygen atoms in total. The minimum atomic E-state index is 0.268. The van der Waals surface area contributed by atoms with Crippen molar-refractivity contribution in [3.8, 4) is 0 Å². The third-order valence-corrected chi connectivity index (χ3v) is 4.22. The number of carbonyl (C=O) groups is 1. The van der Waals surface area contributed by atoms with E-state index in [0.29, 0.717) is 12.0 Å². The highest BCUT2D eigenvalue weighted by Crippen LogP contribution is 2.19. The minimum Gasteiger partial charge on any atom is -0.324 e. The van der Waals surface area contributed by atoms with Crippen molar-refractivity contribution in [2.24, 2.45) is 5.92 Å². The van der Waals surface area contributed by atoms with E-state index in [1.54, 1.807) is 0 Å². The van der Waals surface area contributed by atoms with E-state index in [1.165, 1.54) is 6.42 Å². The van der Waals surface area contributed by atoms with Gasteiger partial charge in [-0.15, -0.1) is 0 Å². The number of urea groups is 1. The molecule has 2 rings (SSSR count). The van der Waals surface area contributed by atoms with E-state index in [2.05, 4.69) is 35.6 Å². The molecule has 0 aromatic rings. The van der Waals surface area contributed by atoms with Gasteiger partial charge in [0.05, 0.1) is 0 Å². The average molecular weight is 253 g/mol. The van der Waals surface area contributed by atoms with Gasteiger partial charge in [0.2, 0.25) is 0 Å². The Balaban J connectivity index is 1.98. The number of amides is 2. The van der Waals surface area contributed by atoms with Crippen LogP contribution in [0.15, 0.2) is 0 Å². The first kappa shape index (κ1) is 13.7. The lowest BCUT2D eigenvalue weighted by Gasteiger charge is -2.37. The fraction of sp³-hybridized carbons (Fsp3) is 0.929. The van der Waals surface area contributed by atoms with Crippen LogP contribution >= 0.6 is 0 Å². The van der Waals surface area contributed by atoms with E-state index in [9.17, 15) is 4.79 Å². The van der Waals surface area contributed by atoms with Gasteiger partial charge in [-0.3, -0.25) is 0 Å². The summed E-state index contributed by atoms with van der Waals surface area (Å²) in [7, 11) is 2.15. The van der Waals surface area contributed by atoms with Crippen LogP contribution in [0.3, 0.4) is 0 Å². The van der Waals surface area contributed by atoms with Crippen LogP contribution in [-0.2, 0) is 0 Å². The number of hydrogen-bond acceptors (Lipinski definition) is 2. The predicted octanol–water partition coefficient (Wildman–Crippen LogP) is 1.86. The summed E-state index contributed by atoms with van der Waals surface area (Å²) in [5.74, 6) is 0.660. The maximum absolute atomic E-state index is 12.6. The molecule has 2 heterocycles. The van der Waals surface area contributed by atoms with Gasteiger partial charge >= 0.3 is 6.03 Å². The highest BCUT2D eigenvalue weighted by Gasteiger charge is 2.29. The highest BCUT2D eigenvalue weighted by molar-refractivity contribution is 5.75. The van der Waals surface area contributed by atoms with E-state index in [-0.39, 0.29) is 6.03 Å². The van der Waals surface area contributed by atoms with E-state index in [4.69, 9.17) is 0 Å². The van der Waals surface area contributed by atoms with Crippen molar-refractivity contribution in [1.82, 2.24) is 14.7 Å². The third kappa shape index (κ3) is 3.16. The average Bonchev–Trinajstić information content (AvgIpc) is 2.49. The number of likely N-dealkylation sites (tertiary alicyclic amines) is 1. The fourth-order valence-corrected chi connectivity index (χ4v) is 3.20. The Morgan fingerprint density at radius 1 is 1.06 bits per heavy atom. The van der Waals surface area contributed by atoms with Crippen molar-refractivity contribution < 1.29 is 4.79 Å². The predicted molar refractivity (Wildman–Crippen MR) is 73.6 cm³/mol. The second-order valence-corrected chi connectivity index (χ2v) is 6.13. The second-order valence-electron chi connectivity index (χ2n) is 6.13.